The highest BCUT2D eigenvalue weighted by Crippen LogP contribution is 2.49. The Bertz CT molecular complexity index is 1130. The number of ether oxygens (including phenoxy) is 1. The van der Waals surface area contributed by atoms with Crippen LogP contribution in [0.2, 0.25) is 0 Å². The molecule has 5 nitrogen and oxygen atoms in total. The van der Waals surface area contributed by atoms with Crippen molar-refractivity contribution in [1.82, 2.24) is 0 Å². The van der Waals surface area contributed by atoms with Crippen molar-refractivity contribution >= 4 is 44.8 Å². The minimum absolute atomic E-state index is 0.147. The lowest BCUT2D eigenvalue weighted by molar-refractivity contribution is -0.116. The highest BCUT2D eigenvalue weighted by molar-refractivity contribution is 9.10. The van der Waals surface area contributed by atoms with Crippen LogP contribution in [-0.2, 0) is 4.79 Å². The molecule has 1 atom stereocenters. The molecule has 4 rings (SSSR count). The van der Waals surface area contributed by atoms with Crippen molar-refractivity contribution in [3.05, 3.63) is 68.1 Å². The zero-order valence-electron chi connectivity index (χ0n) is 15.2. The molecule has 2 aromatic carbocycles. The number of carbonyl (C=O) groups excluding carboxylic acids is 1. The third kappa shape index (κ3) is 3.54. The first-order valence-electron chi connectivity index (χ1n) is 8.68. The molecule has 0 saturated heterocycles. The molecule has 0 aliphatic carbocycles. The number of thiophene rings is 1. The van der Waals surface area contributed by atoms with E-state index >= 15 is 0 Å². The largest absolute Gasteiger partial charge is 0.497 e. The Morgan fingerprint density at radius 1 is 1.28 bits per heavy atom. The van der Waals surface area contributed by atoms with E-state index in [1.807, 2.05) is 0 Å². The van der Waals surface area contributed by atoms with Crippen LogP contribution in [0.25, 0.3) is 11.1 Å². The summed E-state index contributed by atoms with van der Waals surface area (Å²) < 4.78 is 19.2. The lowest BCUT2D eigenvalue weighted by Crippen LogP contribution is -2.22. The van der Waals surface area contributed by atoms with Crippen LogP contribution < -0.4 is 10.1 Å². The van der Waals surface area contributed by atoms with Crippen molar-refractivity contribution in [2.24, 2.45) is 0 Å². The third-order valence-corrected chi connectivity index (χ3v) is 6.72. The van der Waals surface area contributed by atoms with Gasteiger partial charge >= 0.3 is 5.97 Å². The molecular formula is C21H15BrFNO4S. The van der Waals surface area contributed by atoms with E-state index in [4.69, 9.17) is 4.74 Å². The summed E-state index contributed by atoms with van der Waals surface area (Å²) in [5.41, 5.74) is 2.38. The number of benzene rings is 2. The molecule has 29 heavy (non-hydrogen) atoms. The Balaban J connectivity index is 1.90. The summed E-state index contributed by atoms with van der Waals surface area (Å²) in [6.07, 6.45) is 0.159. The fourth-order valence-corrected chi connectivity index (χ4v) is 5.11. The normalized spacial score (nSPS) is 15.6. The number of carboxylic acid groups (broad SMARTS) is 1. The van der Waals surface area contributed by atoms with Gasteiger partial charge in [0, 0.05) is 22.8 Å². The van der Waals surface area contributed by atoms with Crippen LogP contribution in [0.4, 0.5) is 10.1 Å². The molecule has 3 aromatic rings. The monoisotopic (exact) mass is 475 g/mol. The summed E-state index contributed by atoms with van der Waals surface area (Å²) >= 11 is 4.32. The molecule has 148 valence electrons. The van der Waals surface area contributed by atoms with E-state index < -0.39 is 11.8 Å². The Hall–Kier alpha value is -2.71. The first-order chi connectivity index (χ1) is 13.9. The van der Waals surface area contributed by atoms with Crippen LogP contribution in [0.3, 0.4) is 0 Å². The Labute approximate surface area is 178 Å². The summed E-state index contributed by atoms with van der Waals surface area (Å²) in [5, 5.41) is 12.6. The van der Waals surface area contributed by atoms with Gasteiger partial charge in [0.1, 0.15) is 16.4 Å². The van der Waals surface area contributed by atoms with Gasteiger partial charge < -0.3 is 15.2 Å². The quantitative estimate of drug-likeness (QED) is 0.522. The van der Waals surface area contributed by atoms with Crippen LogP contribution in [0.5, 0.6) is 5.75 Å². The SMILES string of the molecule is COc1ccc(-c2c(C(=O)O)sc3c2NC(=O)CC3c2ccc(F)c(Br)c2)cc1. The van der Waals surface area contributed by atoms with Crippen molar-refractivity contribution < 1.29 is 23.8 Å². The van der Waals surface area contributed by atoms with Crippen molar-refractivity contribution in [2.75, 3.05) is 12.4 Å². The predicted octanol–water partition coefficient (Wildman–Crippen LogP) is 5.50. The third-order valence-electron chi connectivity index (χ3n) is 4.82. The molecule has 0 fully saturated rings. The number of halogens is 2. The zero-order valence-corrected chi connectivity index (χ0v) is 17.6. The van der Waals surface area contributed by atoms with Crippen LogP contribution >= 0.6 is 27.3 Å². The molecule has 1 aliphatic rings. The second-order valence-corrected chi connectivity index (χ2v) is 8.46. The van der Waals surface area contributed by atoms with E-state index in [-0.39, 0.29) is 23.1 Å². The molecule has 1 aliphatic heterocycles. The maximum atomic E-state index is 13.7. The molecule has 2 N–H and O–H groups in total. The van der Waals surface area contributed by atoms with Gasteiger partial charge in [-0.2, -0.15) is 0 Å². The van der Waals surface area contributed by atoms with Crippen LogP contribution in [-0.4, -0.2) is 24.1 Å². The topological polar surface area (TPSA) is 75.6 Å². The van der Waals surface area contributed by atoms with Gasteiger partial charge in [0.15, 0.2) is 0 Å². The number of aromatic carboxylic acids is 1. The molecule has 0 radical (unpaired) electrons. The van der Waals surface area contributed by atoms with Gasteiger partial charge in [-0.3, -0.25) is 4.79 Å². The van der Waals surface area contributed by atoms with E-state index in [0.29, 0.717) is 27.0 Å². The number of carboxylic acids is 1. The Morgan fingerprint density at radius 3 is 2.62 bits per heavy atom. The van der Waals surface area contributed by atoms with Gasteiger partial charge in [-0.05, 0) is 51.3 Å². The Morgan fingerprint density at radius 2 is 2.00 bits per heavy atom. The van der Waals surface area contributed by atoms with Crippen LogP contribution in [0.15, 0.2) is 46.9 Å². The number of hydrogen-bond donors (Lipinski definition) is 2. The molecule has 0 bridgehead atoms. The summed E-state index contributed by atoms with van der Waals surface area (Å²) in [4.78, 5) is 25.3. The average Bonchev–Trinajstić information content (AvgIpc) is 3.09. The van der Waals surface area contributed by atoms with E-state index in [1.165, 1.54) is 6.07 Å². The van der Waals surface area contributed by atoms with E-state index in [9.17, 15) is 19.1 Å². The summed E-state index contributed by atoms with van der Waals surface area (Å²) in [5.74, 6) is -1.39. The standard InChI is InChI=1S/C21H15BrFNO4S/c1-28-12-5-2-10(3-6-12)17-18-19(29-20(17)21(26)27)13(9-16(25)24-18)11-4-7-15(23)14(22)8-11/h2-8,13H,9H2,1H3,(H,24,25)(H,26,27). The molecule has 2 heterocycles. The fourth-order valence-electron chi connectivity index (χ4n) is 3.47. The van der Waals surface area contributed by atoms with Crippen molar-refractivity contribution in [3.63, 3.8) is 0 Å². The van der Waals surface area contributed by atoms with Gasteiger partial charge in [0.25, 0.3) is 0 Å². The number of anilines is 1. The lowest BCUT2D eigenvalue weighted by Gasteiger charge is -2.24. The number of hydrogen-bond acceptors (Lipinski definition) is 4. The maximum Gasteiger partial charge on any atom is 0.346 e. The van der Waals surface area contributed by atoms with Crippen molar-refractivity contribution in [3.8, 4) is 16.9 Å². The Kier molecular flexibility index (Phi) is 5.14. The number of rotatable bonds is 4. The first kappa shape index (κ1) is 19.6. The second kappa shape index (κ2) is 7.61. The van der Waals surface area contributed by atoms with E-state index in [2.05, 4.69) is 21.2 Å². The maximum absolute atomic E-state index is 13.7. The van der Waals surface area contributed by atoms with Gasteiger partial charge in [-0.1, -0.05) is 18.2 Å². The molecular weight excluding hydrogens is 461 g/mol. The molecule has 1 aromatic heterocycles. The smallest absolute Gasteiger partial charge is 0.346 e. The lowest BCUT2D eigenvalue weighted by atomic mass is 9.88. The highest BCUT2D eigenvalue weighted by atomic mass is 79.9. The summed E-state index contributed by atoms with van der Waals surface area (Å²) in [6, 6.07) is 11.6. The van der Waals surface area contributed by atoms with Gasteiger partial charge in [-0.15, -0.1) is 11.3 Å². The molecule has 0 saturated carbocycles. The number of nitrogens with one attached hydrogen (secondary N) is 1. The van der Waals surface area contributed by atoms with Gasteiger partial charge in [-0.25, -0.2) is 9.18 Å². The van der Waals surface area contributed by atoms with Crippen molar-refractivity contribution in [1.29, 1.82) is 0 Å². The van der Waals surface area contributed by atoms with E-state index in [1.54, 1.807) is 43.5 Å². The number of amides is 1. The predicted molar refractivity (Wildman–Crippen MR) is 112 cm³/mol. The molecule has 0 spiro atoms. The van der Waals surface area contributed by atoms with E-state index in [0.717, 1.165) is 21.8 Å². The summed E-state index contributed by atoms with van der Waals surface area (Å²) in [7, 11) is 1.55. The zero-order chi connectivity index (χ0) is 20.7. The summed E-state index contributed by atoms with van der Waals surface area (Å²) in [6.45, 7) is 0. The first-order valence-corrected chi connectivity index (χ1v) is 10.3. The molecule has 1 unspecified atom stereocenters. The molecule has 8 heteroatoms. The van der Waals surface area contributed by atoms with Gasteiger partial charge in [0.05, 0.1) is 17.3 Å². The highest BCUT2D eigenvalue weighted by Gasteiger charge is 2.34. The second-order valence-electron chi connectivity index (χ2n) is 6.56. The number of carbonyl (C=O) groups is 2. The van der Waals surface area contributed by atoms with Crippen LogP contribution in [0, 0.1) is 5.82 Å². The minimum atomic E-state index is -1.07. The van der Waals surface area contributed by atoms with Gasteiger partial charge in [0.2, 0.25) is 5.91 Å². The number of fused-ring (bicyclic) bond motifs is 1. The van der Waals surface area contributed by atoms with Crippen LogP contribution in [0.1, 0.15) is 32.5 Å². The fraction of sp³-hybridized carbons (Fsp3) is 0.143. The minimum Gasteiger partial charge on any atom is -0.497 e. The van der Waals surface area contributed by atoms with Crippen molar-refractivity contribution in [2.45, 2.75) is 12.3 Å². The average molecular weight is 476 g/mol. The number of methoxy groups -OCH3 is 1. The molecule has 1 amide bonds.